The number of anilines is 2. The zero-order valence-electron chi connectivity index (χ0n) is 17.3. The number of aromatic nitrogens is 2. The minimum absolute atomic E-state index is 0.231. The third kappa shape index (κ3) is 4.81. The number of ether oxygens (including phenoxy) is 1. The van der Waals surface area contributed by atoms with E-state index in [-0.39, 0.29) is 12.4 Å². The lowest BCUT2D eigenvalue weighted by molar-refractivity contribution is 0.306. The van der Waals surface area contributed by atoms with Gasteiger partial charge in [0.15, 0.2) is 0 Å². The molecule has 3 aromatic carbocycles. The molecule has 0 aliphatic rings. The lowest BCUT2D eigenvalue weighted by atomic mass is 10.1. The monoisotopic (exact) mass is 541 g/mol. The molecule has 0 atom stereocenters. The van der Waals surface area contributed by atoms with Crippen molar-refractivity contribution in [2.45, 2.75) is 13.0 Å². The Morgan fingerprint density at radius 3 is 2.76 bits per heavy atom. The first-order chi connectivity index (χ1) is 16.1. The molecular formula is C25H18BrClFN3OS. The number of nitrogens with zero attached hydrogens (tertiary/aromatic N) is 2. The van der Waals surface area contributed by atoms with Crippen LogP contribution in [0.5, 0.6) is 5.75 Å². The Bertz CT molecular complexity index is 1460. The SMILES string of the molecule is Fc1cccc(COc2ccc(Nc3ncnc4sc5cc(CCBr)ccc5c34)cc2Cl)c1. The normalized spacial score (nSPS) is 11.2. The largest absolute Gasteiger partial charge is 0.487 e. The molecule has 0 bridgehead atoms. The van der Waals surface area contributed by atoms with E-state index in [0.29, 0.717) is 10.8 Å². The van der Waals surface area contributed by atoms with Crippen LogP contribution < -0.4 is 10.1 Å². The van der Waals surface area contributed by atoms with Gasteiger partial charge in [0.2, 0.25) is 0 Å². The van der Waals surface area contributed by atoms with Gasteiger partial charge in [-0.3, -0.25) is 0 Å². The molecule has 0 unspecified atom stereocenters. The van der Waals surface area contributed by atoms with Gasteiger partial charge in [-0.1, -0.05) is 51.8 Å². The van der Waals surface area contributed by atoms with Crippen LogP contribution in [0, 0.1) is 5.82 Å². The average molecular weight is 543 g/mol. The maximum atomic E-state index is 13.4. The topological polar surface area (TPSA) is 47.0 Å². The van der Waals surface area contributed by atoms with Crippen LogP contribution >= 0.6 is 38.9 Å². The maximum absolute atomic E-state index is 13.4. The lowest BCUT2D eigenvalue weighted by Crippen LogP contribution is -1.98. The smallest absolute Gasteiger partial charge is 0.143 e. The lowest BCUT2D eigenvalue weighted by Gasteiger charge is -2.11. The third-order valence-corrected chi connectivity index (χ3v) is 6.95. The summed E-state index contributed by atoms with van der Waals surface area (Å²) < 4.78 is 20.3. The highest BCUT2D eigenvalue weighted by molar-refractivity contribution is 9.09. The number of hydrogen-bond acceptors (Lipinski definition) is 5. The number of rotatable bonds is 7. The molecule has 2 heterocycles. The van der Waals surface area contributed by atoms with E-state index in [2.05, 4.69) is 49.4 Å². The van der Waals surface area contributed by atoms with E-state index in [1.54, 1.807) is 41.9 Å². The van der Waals surface area contributed by atoms with Gasteiger partial charge in [0.05, 0.1) is 10.4 Å². The summed E-state index contributed by atoms with van der Waals surface area (Å²) in [6.07, 6.45) is 2.55. The molecule has 1 N–H and O–H groups in total. The first-order valence-electron chi connectivity index (χ1n) is 10.3. The van der Waals surface area contributed by atoms with Crippen molar-refractivity contribution in [1.29, 1.82) is 0 Å². The highest BCUT2D eigenvalue weighted by atomic mass is 79.9. The molecule has 0 aliphatic carbocycles. The molecule has 0 fully saturated rings. The minimum Gasteiger partial charge on any atom is -0.487 e. The molecule has 0 radical (unpaired) electrons. The standard InChI is InChI=1S/C25H18BrClFN3OS/c26-9-8-15-4-6-19-22(11-15)33-25-23(19)24(29-14-30-25)31-18-5-7-21(20(27)12-18)32-13-16-2-1-3-17(28)10-16/h1-7,10-12,14H,8-9,13H2,(H,29,30,31). The fourth-order valence-corrected chi connectivity index (χ4v) is 5.43. The number of halogens is 3. The van der Waals surface area contributed by atoms with Crippen LogP contribution in [0.25, 0.3) is 20.3 Å². The van der Waals surface area contributed by atoms with Gasteiger partial charge in [-0.2, -0.15) is 0 Å². The number of alkyl halides is 1. The molecule has 0 saturated heterocycles. The maximum Gasteiger partial charge on any atom is 0.143 e. The predicted octanol–water partition coefficient (Wildman–Crippen LogP) is 7.90. The molecule has 4 nitrogen and oxygen atoms in total. The molecule has 166 valence electrons. The van der Waals surface area contributed by atoms with E-state index >= 15 is 0 Å². The Kier molecular flexibility index (Phi) is 6.44. The van der Waals surface area contributed by atoms with Crippen LogP contribution in [-0.4, -0.2) is 15.3 Å². The summed E-state index contributed by atoms with van der Waals surface area (Å²) in [6.45, 7) is 0.231. The van der Waals surface area contributed by atoms with Crippen molar-refractivity contribution in [2.24, 2.45) is 0 Å². The fraction of sp³-hybridized carbons (Fsp3) is 0.120. The van der Waals surface area contributed by atoms with Crippen LogP contribution in [0.3, 0.4) is 0 Å². The Hall–Kier alpha value is -2.74. The van der Waals surface area contributed by atoms with Gasteiger partial charge < -0.3 is 10.1 Å². The Morgan fingerprint density at radius 1 is 1.03 bits per heavy atom. The van der Waals surface area contributed by atoms with Gasteiger partial charge in [-0.25, -0.2) is 14.4 Å². The number of fused-ring (bicyclic) bond motifs is 3. The van der Waals surface area contributed by atoms with Crippen molar-refractivity contribution in [1.82, 2.24) is 9.97 Å². The van der Waals surface area contributed by atoms with Gasteiger partial charge in [0.1, 0.15) is 35.1 Å². The number of benzene rings is 3. The van der Waals surface area contributed by atoms with E-state index in [0.717, 1.165) is 44.4 Å². The summed E-state index contributed by atoms with van der Waals surface area (Å²) >= 11 is 11.6. The molecule has 0 saturated carbocycles. The van der Waals surface area contributed by atoms with Crippen LogP contribution in [0.1, 0.15) is 11.1 Å². The van der Waals surface area contributed by atoms with Gasteiger partial charge >= 0.3 is 0 Å². The molecule has 2 aromatic heterocycles. The van der Waals surface area contributed by atoms with E-state index in [1.807, 2.05) is 6.07 Å². The molecule has 33 heavy (non-hydrogen) atoms. The van der Waals surface area contributed by atoms with Gasteiger partial charge in [-0.15, -0.1) is 11.3 Å². The number of hydrogen-bond donors (Lipinski definition) is 1. The Balaban J connectivity index is 1.40. The van der Waals surface area contributed by atoms with E-state index in [4.69, 9.17) is 16.3 Å². The van der Waals surface area contributed by atoms with Gasteiger partial charge in [0, 0.05) is 21.1 Å². The van der Waals surface area contributed by atoms with Crippen molar-refractivity contribution in [2.75, 3.05) is 10.6 Å². The minimum atomic E-state index is -0.293. The van der Waals surface area contributed by atoms with Crippen LogP contribution in [-0.2, 0) is 13.0 Å². The summed E-state index contributed by atoms with van der Waals surface area (Å²) in [5.41, 5.74) is 2.81. The number of nitrogens with one attached hydrogen (secondary N) is 1. The second-order valence-corrected chi connectivity index (χ2v) is 9.69. The first kappa shape index (κ1) is 22.1. The molecule has 5 rings (SSSR count). The Morgan fingerprint density at radius 2 is 1.94 bits per heavy atom. The van der Waals surface area contributed by atoms with E-state index in [1.165, 1.54) is 22.4 Å². The quantitative estimate of drug-likeness (QED) is 0.212. The summed E-state index contributed by atoms with van der Waals surface area (Å²) in [6, 6.07) is 18.3. The highest BCUT2D eigenvalue weighted by Crippen LogP contribution is 2.38. The van der Waals surface area contributed by atoms with Gasteiger partial charge in [0.25, 0.3) is 0 Å². The van der Waals surface area contributed by atoms with Gasteiger partial charge in [-0.05, 0) is 53.9 Å². The average Bonchev–Trinajstić information content (AvgIpc) is 3.17. The predicted molar refractivity (Wildman–Crippen MR) is 138 cm³/mol. The summed E-state index contributed by atoms with van der Waals surface area (Å²) in [5.74, 6) is 0.960. The zero-order chi connectivity index (χ0) is 22.8. The molecule has 0 spiro atoms. The van der Waals surface area contributed by atoms with Crippen LogP contribution in [0.15, 0.2) is 67.0 Å². The highest BCUT2D eigenvalue weighted by Gasteiger charge is 2.13. The Labute approximate surface area is 207 Å². The van der Waals surface area contributed by atoms with Crippen molar-refractivity contribution in [3.8, 4) is 5.75 Å². The molecule has 8 heteroatoms. The molecule has 0 amide bonds. The van der Waals surface area contributed by atoms with E-state index in [9.17, 15) is 4.39 Å². The second-order valence-electron chi connectivity index (χ2n) is 7.46. The summed E-state index contributed by atoms with van der Waals surface area (Å²) in [7, 11) is 0. The molecular weight excluding hydrogens is 525 g/mol. The fourth-order valence-electron chi connectivity index (χ4n) is 3.63. The van der Waals surface area contributed by atoms with Crippen molar-refractivity contribution in [3.05, 3.63) is 89.0 Å². The van der Waals surface area contributed by atoms with Crippen molar-refractivity contribution in [3.63, 3.8) is 0 Å². The zero-order valence-corrected chi connectivity index (χ0v) is 20.5. The van der Waals surface area contributed by atoms with Crippen LogP contribution in [0.4, 0.5) is 15.9 Å². The number of thiophene rings is 1. The third-order valence-electron chi connectivity index (χ3n) is 5.20. The summed E-state index contributed by atoms with van der Waals surface area (Å²) in [5, 5.41) is 6.87. The van der Waals surface area contributed by atoms with Crippen LogP contribution in [0.2, 0.25) is 5.02 Å². The first-order valence-corrected chi connectivity index (χ1v) is 12.6. The van der Waals surface area contributed by atoms with Crippen molar-refractivity contribution < 1.29 is 9.13 Å². The summed E-state index contributed by atoms with van der Waals surface area (Å²) in [4.78, 5) is 9.89. The molecule has 5 aromatic rings. The second kappa shape index (κ2) is 9.63. The van der Waals surface area contributed by atoms with Crippen molar-refractivity contribution >= 4 is 70.7 Å². The number of aryl methyl sites for hydroxylation is 1. The molecule has 0 aliphatic heterocycles. The van der Waals surface area contributed by atoms with E-state index < -0.39 is 0 Å².